The van der Waals surface area contributed by atoms with Crippen molar-refractivity contribution in [1.82, 2.24) is 0 Å². The molecule has 1 fully saturated rings. The zero-order valence-corrected chi connectivity index (χ0v) is 7.72. The number of alkyl halides is 1. The van der Waals surface area contributed by atoms with Gasteiger partial charge in [-0.1, -0.05) is 29.5 Å². The molecular formula is C7H11IO. The predicted octanol–water partition coefficient (Wildman–Crippen LogP) is 2.18. The highest BCUT2D eigenvalue weighted by Gasteiger charge is 2.25. The number of Topliss-reactive ketones (excluding diaryl/α,β-unsaturated/α-hetero) is 1. The van der Waals surface area contributed by atoms with E-state index in [1.165, 1.54) is 6.42 Å². The smallest absolute Gasteiger partial charge is 0.145 e. The minimum Gasteiger partial charge on any atom is -0.299 e. The highest BCUT2D eigenvalue weighted by molar-refractivity contribution is 14.1. The lowest BCUT2D eigenvalue weighted by atomic mass is 9.90. The highest BCUT2D eigenvalue weighted by Crippen LogP contribution is 2.26. The number of carbonyl (C=O) groups excluding carboxylic acids is 1. The van der Waals surface area contributed by atoms with Crippen LogP contribution in [0.1, 0.15) is 26.2 Å². The fraction of sp³-hybridized carbons (Fsp3) is 0.857. The average molecular weight is 238 g/mol. The molecule has 0 spiro atoms. The van der Waals surface area contributed by atoms with Gasteiger partial charge in [-0.3, -0.25) is 4.79 Å². The quantitative estimate of drug-likeness (QED) is 0.467. The standard InChI is InChI=1S/C7H11IO/c1-5-3-2-4-6(9)7(5)8/h5,7H,2-4H2,1H3/t5-,7+/m1/s1. The van der Waals surface area contributed by atoms with Crippen LogP contribution in [0.15, 0.2) is 0 Å². The van der Waals surface area contributed by atoms with Crippen LogP contribution in [-0.4, -0.2) is 9.71 Å². The topological polar surface area (TPSA) is 17.1 Å². The molecule has 0 unspecified atom stereocenters. The zero-order valence-electron chi connectivity index (χ0n) is 5.56. The molecule has 0 radical (unpaired) electrons. The van der Waals surface area contributed by atoms with E-state index in [-0.39, 0.29) is 0 Å². The van der Waals surface area contributed by atoms with Gasteiger partial charge in [0.25, 0.3) is 0 Å². The van der Waals surface area contributed by atoms with Gasteiger partial charge in [0.05, 0.1) is 3.92 Å². The van der Waals surface area contributed by atoms with Crippen molar-refractivity contribution < 1.29 is 4.79 Å². The molecule has 0 heterocycles. The molecule has 2 heteroatoms. The van der Waals surface area contributed by atoms with E-state index in [9.17, 15) is 4.79 Å². The Kier molecular flexibility index (Phi) is 2.50. The van der Waals surface area contributed by atoms with Gasteiger partial charge in [-0.15, -0.1) is 0 Å². The summed E-state index contributed by atoms with van der Waals surface area (Å²) in [6.07, 6.45) is 3.16. The molecule has 0 N–H and O–H groups in total. The average Bonchev–Trinajstić information content (AvgIpc) is 1.83. The first-order valence-electron chi connectivity index (χ1n) is 3.38. The van der Waals surface area contributed by atoms with E-state index in [0.717, 1.165) is 12.8 Å². The number of rotatable bonds is 0. The van der Waals surface area contributed by atoms with Crippen molar-refractivity contribution in [3.63, 3.8) is 0 Å². The lowest BCUT2D eigenvalue weighted by Gasteiger charge is -2.21. The van der Waals surface area contributed by atoms with E-state index in [1.54, 1.807) is 0 Å². The molecule has 0 bridgehead atoms. The van der Waals surface area contributed by atoms with Crippen molar-refractivity contribution in [3.05, 3.63) is 0 Å². The lowest BCUT2D eigenvalue weighted by Crippen LogP contribution is -2.26. The fourth-order valence-electron chi connectivity index (χ4n) is 1.20. The summed E-state index contributed by atoms with van der Waals surface area (Å²) in [5.41, 5.74) is 0. The fourth-order valence-corrected chi connectivity index (χ4v) is 1.87. The van der Waals surface area contributed by atoms with Crippen LogP contribution in [0.2, 0.25) is 0 Å². The van der Waals surface area contributed by atoms with Crippen molar-refractivity contribution >= 4 is 28.4 Å². The van der Waals surface area contributed by atoms with Crippen LogP contribution in [0.5, 0.6) is 0 Å². The maximum absolute atomic E-state index is 11.0. The third kappa shape index (κ3) is 1.66. The van der Waals surface area contributed by atoms with E-state index in [2.05, 4.69) is 29.5 Å². The van der Waals surface area contributed by atoms with Crippen molar-refractivity contribution in [2.24, 2.45) is 5.92 Å². The number of carbonyl (C=O) groups is 1. The van der Waals surface area contributed by atoms with Crippen LogP contribution in [0, 0.1) is 5.92 Å². The molecule has 1 aliphatic carbocycles. The second-order valence-electron chi connectivity index (χ2n) is 2.74. The molecule has 1 nitrogen and oxygen atoms in total. The molecule has 2 atom stereocenters. The van der Waals surface area contributed by atoms with Crippen LogP contribution in [-0.2, 0) is 4.79 Å². The van der Waals surface area contributed by atoms with E-state index < -0.39 is 0 Å². The van der Waals surface area contributed by atoms with Gasteiger partial charge in [-0.2, -0.15) is 0 Å². The summed E-state index contributed by atoms with van der Waals surface area (Å²) in [6.45, 7) is 2.16. The molecule has 0 aromatic rings. The summed E-state index contributed by atoms with van der Waals surface area (Å²) in [4.78, 5) is 11.0. The first kappa shape index (κ1) is 7.51. The summed E-state index contributed by atoms with van der Waals surface area (Å²) in [6, 6.07) is 0. The van der Waals surface area contributed by atoms with Gasteiger partial charge in [0.2, 0.25) is 0 Å². The van der Waals surface area contributed by atoms with Crippen LogP contribution in [0.4, 0.5) is 0 Å². The SMILES string of the molecule is C[C@@H]1CCCC(=O)[C@H]1I. The molecule has 0 aliphatic heterocycles. The van der Waals surface area contributed by atoms with Crippen LogP contribution in [0.3, 0.4) is 0 Å². The van der Waals surface area contributed by atoms with Gasteiger partial charge >= 0.3 is 0 Å². The first-order valence-corrected chi connectivity index (χ1v) is 4.63. The van der Waals surface area contributed by atoms with Gasteiger partial charge in [0.1, 0.15) is 5.78 Å². The molecule has 9 heavy (non-hydrogen) atoms. The summed E-state index contributed by atoms with van der Waals surface area (Å²) in [5.74, 6) is 1.07. The Morgan fingerprint density at radius 3 is 2.78 bits per heavy atom. The zero-order chi connectivity index (χ0) is 6.85. The number of hydrogen-bond acceptors (Lipinski definition) is 1. The molecule has 1 rings (SSSR count). The third-order valence-corrected chi connectivity index (χ3v) is 3.81. The number of halogens is 1. The summed E-state index contributed by atoms with van der Waals surface area (Å²) < 4.78 is 0.302. The van der Waals surface area contributed by atoms with E-state index >= 15 is 0 Å². The minimum atomic E-state index is 0.302. The minimum absolute atomic E-state index is 0.302. The van der Waals surface area contributed by atoms with Crippen LogP contribution in [0.25, 0.3) is 0 Å². The van der Waals surface area contributed by atoms with Gasteiger partial charge < -0.3 is 0 Å². The summed E-state index contributed by atoms with van der Waals surface area (Å²) in [5, 5.41) is 0. The largest absolute Gasteiger partial charge is 0.299 e. The Hall–Kier alpha value is 0.400. The Balaban J connectivity index is 2.51. The maximum Gasteiger partial charge on any atom is 0.145 e. The second-order valence-corrected chi connectivity index (χ2v) is 4.08. The van der Waals surface area contributed by atoms with Gasteiger partial charge in [-0.25, -0.2) is 0 Å². The normalized spacial score (nSPS) is 36.9. The Bertz CT molecular complexity index is 122. The predicted molar refractivity (Wildman–Crippen MR) is 45.8 cm³/mol. The van der Waals surface area contributed by atoms with Crippen molar-refractivity contribution in [2.45, 2.75) is 30.1 Å². The monoisotopic (exact) mass is 238 g/mol. The van der Waals surface area contributed by atoms with E-state index in [4.69, 9.17) is 0 Å². The molecule has 0 aromatic carbocycles. The molecule has 0 aromatic heterocycles. The summed E-state index contributed by atoms with van der Waals surface area (Å²) in [7, 11) is 0. The van der Waals surface area contributed by atoms with Crippen LogP contribution < -0.4 is 0 Å². The third-order valence-electron chi connectivity index (χ3n) is 1.89. The maximum atomic E-state index is 11.0. The molecule has 0 amide bonds. The summed E-state index contributed by atoms with van der Waals surface area (Å²) >= 11 is 2.26. The molecule has 1 saturated carbocycles. The van der Waals surface area contributed by atoms with Gasteiger partial charge in [0, 0.05) is 6.42 Å². The molecule has 52 valence electrons. The Labute approximate surface area is 69.3 Å². The molecule has 0 saturated heterocycles. The van der Waals surface area contributed by atoms with E-state index in [0.29, 0.717) is 15.6 Å². The van der Waals surface area contributed by atoms with Crippen molar-refractivity contribution in [1.29, 1.82) is 0 Å². The van der Waals surface area contributed by atoms with Gasteiger partial charge in [0.15, 0.2) is 0 Å². The molecular weight excluding hydrogens is 227 g/mol. The Morgan fingerprint density at radius 2 is 2.33 bits per heavy atom. The lowest BCUT2D eigenvalue weighted by molar-refractivity contribution is -0.120. The van der Waals surface area contributed by atoms with E-state index in [1.807, 2.05) is 0 Å². The van der Waals surface area contributed by atoms with Crippen LogP contribution >= 0.6 is 22.6 Å². The highest BCUT2D eigenvalue weighted by atomic mass is 127. The first-order chi connectivity index (χ1) is 4.22. The van der Waals surface area contributed by atoms with Crippen molar-refractivity contribution in [2.75, 3.05) is 0 Å². The van der Waals surface area contributed by atoms with Gasteiger partial charge in [-0.05, 0) is 18.8 Å². The molecule has 1 aliphatic rings. The number of ketones is 1. The van der Waals surface area contributed by atoms with Crippen molar-refractivity contribution in [3.8, 4) is 0 Å². The Morgan fingerprint density at radius 1 is 1.67 bits per heavy atom. The number of hydrogen-bond donors (Lipinski definition) is 0. The second kappa shape index (κ2) is 2.99.